The number of piperidine rings is 1. The topological polar surface area (TPSA) is 77.8 Å². The van der Waals surface area contributed by atoms with E-state index in [0.29, 0.717) is 13.0 Å². The maximum Gasteiger partial charge on any atom is 0.320 e. The second-order valence-corrected chi connectivity index (χ2v) is 3.39. The lowest BCUT2D eigenvalue weighted by atomic mass is 9.91. The number of likely N-dealkylation sites (N-methyl/N-ethyl adjacent to an activating group) is 1. The van der Waals surface area contributed by atoms with Gasteiger partial charge in [-0.25, -0.2) is 0 Å². The summed E-state index contributed by atoms with van der Waals surface area (Å²) in [5.41, 5.74) is 0. The van der Waals surface area contributed by atoms with Crippen molar-refractivity contribution < 1.29 is 19.8 Å². The summed E-state index contributed by atoms with van der Waals surface area (Å²) in [6, 6.07) is -0.644. The Hall–Kier alpha value is -1.10. The number of carbonyl (C=O) groups is 2. The van der Waals surface area contributed by atoms with Crippen LogP contribution in [0, 0.1) is 5.92 Å². The van der Waals surface area contributed by atoms with Crippen molar-refractivity contribution in [3.63, 3.8) is 0 Å². The van der Waals surface area contributed by atoms with Crippen molar-refractivity contribution in [1.82, 2.24) is 4.90 Å². The van der Waals surface area contributed by atoms with Crippen LogP contribution in [0.5, 0.6) is 0 Å². The van der Waals surface area contributed by atoms with E-state index in [1.165, 1.54) is 0 Å². The van der Waals surface area contributed by atoms with E-state index in [9.17, 15) is 9.59 Å². The molecule has 0 amide bonds. The van der Waals surface area contributed by atoms with Gasteiger partial charge in [-0.1, -0.05) is 0 Å². The van der Waals surface area contributed by atoms with Gasteiger partial charge < -0.3 is 10.2 Å². The normalized spacial score (nSPS) is 29.9. The Morgan fingerprint density at radius 3 is 2.38 bits per heavy atom. The third-order valence-corrected chi connectivity index (χ3v) is 2.50. The average Bonchev–Trinajstić information content (AvgIpc) is 2.04. The molecule has 0 unspecified atom stereocenters. The molecule has 0 aliphatic carbocycles. The van der Waals surface area contributed by atoms with E-state index in [0.717, 1.165) is 0 Å². The maximum absolute atomic E-state index is 10.7. The molecule has 1 saturated heterocycles. The molecule has 0 aromatic carbocycles. The quantitative estimate of drug-likeness (QED) is 0.629. The molecule has 0 aromatic rings. The molecule has 2 N–H and O–H groups in total. The first-order valence-corrected chi connectivity index (χ1v) is 4.18. The fourth-order valence-electron chi connectivity index (χ4n) is 1.60. The van der Waals surface area contributed by atoms with Gasteiger partial charge in [0, 0.05) is 0 Å². The first-order valence-electron chi connectivity index (χ1n) is 4.18. The van der Waals surface area contributed by atoms with E-state index in [1.54, 1.807) is 11.9 Å². The summed E-state index contributed by atoms with van der Waals surface area (Å²) in [7, 11) is 1.71. The predicted molar refractivity (Wildman–Crippen MR) is 44.4 cm³/mol. The Morgan fingerprint density at radius 2 is 1.92 bits per heavy atom. The van der Waals surface area contributed by atoms with Crippen LogP contribution in [0.4, 0.5) is 0 Å². The predicted octanol–water partition coefficient (Wildman–Crippen LogP) is -0.134. The zero-order valence-electron chi connectivity index (χ0n) is 7.43. The molecule has 5 nitrogen and oxygen atoms in total. The summed E-state index contributed by atoms with van der Waals surface area (Å²) in [5, 5.41) is 17.5. The third-order valence-electron chi connectivity index (χ3n) is 2.50. The fourth-order valence-corrected chi connectivity index (χ4v) is 1.60. The molecular weight excluding hydrogens is 174 g/mol. The molecule has 0 radical (unpaired) electrons. The number of hydrogen-bond acceptors (Lipinski definition) is 3. The Morgan fingerprint density at radius 1 is 1.31 bits per heavy atom. The van der Waals surface area contributed by atoms with Crippen molar-refractivity contribution in [2.24, 2.45) is 5.92 Å². The van der Waals surface area contributed by atoms with Crippen LogP contribution < -0.4 is 0 Å². The molecule has 1 aliphatic heterocycles. The van der Waals surface area contributed by atoms with Crippen molar-refractivity contribution in [2.45, 2.75) is 18.9 Å². The SMILES string of the molecule is CN1CC[C@@H](C(=O)O)C[C@H]1C(=O)O. The zero-order chi connectivity index (χ0) is 10.0. The van der Waals surface area contributed by atoms with Crippen molar-refractivity contribution in [2.75, 3.05) is 13.6 Å². The van der Waals surface area contributed by atoms with Gasteiger partial charge in [0.15, 0.2) is 0 Å². The Bertz CT molecular complexity index is 228. The van der Waals surface area contributed by atoms with Crippen LogP contribution in [0.1, 0.15) is 12.8 Å². The van der Waals surface area contributed by atoms with E-state index in [4.69, 9.17) is 10.2 Å². The molecule has 0 saturated carbocycles. The van der Waals surface area contributed by atoms with E-state index in [1.807, 2.05) is 0 Å². The number of aliphatic carboxylic acids is 2. The number of likely N-dealkylation sites (tertiary alicyclic amines) is 1. The average molecular weight is 187 g/mol. The molecule has 1 heterocycles. The van der Waals surface area contributed by atoms with Crippen molar-refractivity contribution in [3.8, 4) is 0 Å². The van der Waals surface area contributed by atoms with Crippen LogP contribution >= 0.6 is 0 Å². The second-order valence-electron chi connectivity index (χ2n) is 3.39. The van der Waals surface area contributed by atoms with Crippen LogP contribution in [0.15, 0.2) is 0 Å². The smallest absolute Gasteiger partial charge is 0.320 e. The van der Waals surface area contributed by atoms with E-state index < -0.39 is 23.9 Å². The molecule has 1 rings (SSSR count). The van der Waals surface area contributed by atoms with Crippen LogP contribution in [-0.4, -0.2) is 46.7 Å². The standard InChI is InChI=1S/C8H13NO4/c1-9-3-2-5(7(10)11)4-6(9)8(12)13/h5-6H,2-4H2,1H3,(H,10,11)(H,12,13)/t5-,6+/m1/s1. The van der Waals surface area contributed by atoms with E-state index in [-0.39, 0.29) is 6.42 Å². The number of rotatable bonds is 2. The number of nitrogens with zero attached hydrogens (tertiary/aromatic N) is 1. The molecule has 2 atom stereocenters. The molecule has 0 aromatic heterocycles. The van der Waals surface area contributed by atoms with E-state index >= 15 is 0 Å². The monoisotopic (exact) mass is 187 g/mol. The molecule has 0 spiro atoms. The van der Waals surface area contributed by atoms with Crippen LogP contribution in [-0.2, 0) is 9.59 Å². The largest absolute Gasteiger partial charge is 0.481 e. The van der Waals surface area contributed by atoms with Gasteiger partial charge in [-0.15, -0.1) is 0 Å². The second kappa shape index (κ2) is 3.74. The van der Waals surface area contributed by atoms with Crippen molar-refractivity contribution in [3.05, 3.63) is 0 Å². The lowest BCUT2D eigenvalue weighted by Gasteiger charge is -2.32. The molecule has 5 heteroatoms. The number of hydrogen-bond donors (Lipinski definition) is 2. The van der Waals surface area contributed by atoms with Gasteiger partial charge in [-0.3, -0.25) is 14.5 Å². The Kier molecular flexibility index (Phi) is 2.87. The summed E-state index contributed by atoms with van der Waals surface area (Å²) >= 11 is 0. The van der Waals surface area contributed by atoms with Crippen LogP contribution in [0.2, 0.25) is 0 Å². The molecule has 74 valence electrons. The molecular formula is C8H13NO4. The first kappa shape index (κ1) is 9.98. The Balaban J connectivity index is 2.63. The summed E-state index contributed by atoms with van der Waals surface area (Å²) in [5.74, 6) is -2.33. The van der Waals surface area contributed by atoms with Crippen LogP contribution in [0.3, 0.4) is 0 Å². The first-order chi connectivity index (χ1) is 6.02. The minimum Gasteiger partial charge on any atom is -0.481 e. The van der Waals surface area contributed by atoms with Gasteiger partial charge in [0.1, 0.15) is 6.04 Å². The maximum atomic E-state index is 10.7. The highest BCUT2D eigenvalue weighted by Gasteiger charge is 2.34. The van der Waals surface area contributed by atoms with Gasteiger partial charge in [-0.2, -0.15) is 0 Å². The number of carboxylic acid groups (broad SMARTS) is 2. The molecule has 0 bridgehead atoms. The van der Waals surface area contributed by atoms with Gasteiger partial charge in [-0.05, 0) is 26.4 Å². The third kappa shape index (κ3) is 2.18. The van der Waals surface area contributed by atoms with Crippen LogP contribution in [0.25, 0.3) is 0 Å². The lowest BCUT2D eigenvalue weighted by molar-refractivity contribution is -0.149. The summed E-state index contributed by atoms with van der Waals surface area (Å²) in [4.78, 5) is 23.0. The van der Waals surface area contributed by atoms with Crippen molar-refractivity contribution >= 4 is 11.9 Å². The minimum atomic E-state index is -0.937. The fraction of sp³-hybridized carbons (Fsp3) is 0.750. The minimum absolute atomic E-state index is 0.209. The lowest BCUT2D eigenvalue weighted by Crippen LogP contribution is -2.46. The van der Waals surface area contributed by atoms with Crippen molar-refractivity contribution in [1.29, 1.82) is 0 Å². The molecule has 1 fully saturated rings. The summed E-state index contributed by atoms with van der Waals surface area (Å²) in [6.07, 6.45) is 0.747. The molecule has 13 heavy (non-hydrogen) atoms. The van der Waals surface area contributed by atoms with Gasteiger partial charge in [0.05, 0.1) is 5.92 Å². The summed E-state index contributed by atoms with van der Waals surface area (Å²) in [6.45, 7) is 0.536. The number of carboxylic acids is 2. The van der Waals surface area contributed by atoms with Gasteiger partial charge in [0.25, 0.3) is 0 Å². The highest BCUT2D eigenvalue weighted by Crippen LogP contribution is 2.21. The zero-order valence-corrected chi connectivity index (χ0v) is 7.43. The summed E-state index contributed by atoms with van der Waals surface area (Å²) < 4.78 is 0. The Labute approximate surface area is 76.0 Å². The van der Waals surface area contributed by atoms with E-state index in [2.05, 4.69) is 0 Å². The molecule has 1 aliphatic rings. The highest BCUT2D eigenvalue weighted by molar-refractivity contribution is 5.76. The van der Waals surface area contributed by atoms with Gasteiger partial charge >= 0.3 is 11.9 Å². The highest BCUT2D eigenvalue weighted by atomic mass is 16.4. The van der Waals surface area contributed by atoms with Gasteiger partial charge in [0.2, 0.25) is 0 Å².